The molecule has 0 aromatic carbocycles. The summed E-state index contributed by atoms with van der Waals surface area (Å²) in [5.41, 5.74) is 1.63. The fourth-order valence-corrected chi connectivity index (χ4v) is 1.73. The summed E-state index contributed by atoms with van der Waals surface area (Å²) in [5, 5.41) is 13.0. The van der Waals surface area contributed by atoms with E-state index in [1.165, 1.54) is 0 Å². The largest absolute Gasteiger partial charge is 0.444 e. The number of hydrogen-bond donors (Lipinski definition) is 2. The van der Waals surface area contributed by atoms with E-state index in [4.69, 9.17) is 4.74 Å². The minimum absolute atomic E-state index is 0.271. The van der Waals surface area contributed by atoms with Gasteiger partial charge in [-0.2, -0.15) is 10.2 Å². The van der Waals surface area contributed by atoms with Crippen molar-refractivity contribution in [3.63, 3.8) is 0 Å². The van der Waals surface area contributed by atoms with Crippen molar-refractivity contribution in [2.75, 3.05) is 0 Å². The Kier molecular flexibility index (Phi) is 4.07. The Balaban J connectivity index is 0.000000247. The minimum Gasteiger partial charge on any atom is -0.444 e. The topological polar surface area (TPSA) is 86.9 Å². The third-order valence-electron chi connectivity index (χ3n) is 2.58. The number of nitrogens with zero attached hydrogens (tertiary/aromatic N) is 3. The van der Waals surface area contributed by atoms with Crippen molar-refractivity contribution in [1.82, 2.24) is 25.3 Å². The van der Waals surface area contributed by atoms with E-state index in [2.05, 4.69) is 20.4 Å². The fraction of sp³-hybridized carbons (Fsp3) is 0.462. The number of amides is 1. The number of hydrogen-bond acceptors (Lipinski definition) is 4. The van der Waals surface area contributed by atoms with E-state index in [0.29, 0.717) is 13.1 Å². The summed E-state index contributed by atoms with van der Waals surface area (Å²) in [6.07, 6.45) is 4.94. The fourth-order valence-electron chi connectivity index (χ4n) is 1.73. The van der Waals surface area contributed by atoms with Crippen LogP contribution in [0.2, 0.25) is 0 Å². The monoisotopic (exact) mass is 277 g/mol. The second-order valence-electron chi connectivity index (χ2n) is 5.48. The molecule has 1 amide bonds. The summed E-state index contributed by atoms with van der Waals surface area (Å²) in [6, 6.07) is 1.83. The van der Waals surface area contributed by atoms with Crippen molar-refractivity contribution in [3.05, 3.63) is 35.9 Å². The molecule has 7 nitrogen and oxygen atoms in total. The van der Waals surface area contributed by atoms with Crippen molar-refractivity contribution in [2.24, 2.45) is 0 Å². The zero-order chi connectivity index (χ0) is 14.6. The number of fused-ring (bicyclic) bond motifs is 1. The summed E-state index contributed by atoms with van der Waals surface area (Å²) in [5.74, 6) is 0. The number of rotatable bonds is 0. The molecule has 1 aliphatic heterocycles. The Labute approximate surface area is 117 Å². The summed E-state index contributed by atoms with van der Waals surface area (Å²) in [7, 11) is 0. The molecule has 0 bridgehead atoms. The number of carbonyl (C=O) groups is 1. The van der Waals surface area contributed by atoms with Crippen molar-refractivity contribution in [3.8, 4) is 0 Å². The van der Waals surface area contributed by atoms with Crippen molar-refractivity contribution in [2.45, 2.75) is 39.5 Å². The normalized spacial score (nSPS) is 13.4. The SMILES string of the molecule is CC(C)(C)OC(=O)N1Cc2cn[nH]c2C1.c1cn[nH]c1. The van der Waals surface area contributed by atoms with Crippen LogP contribution in [0, 0.1) is 0 Å². The highest BCUT2D eigenvalue weighted by Crippen LogP contribution is 2.22. The average molecular weight is 277 g/mol. The number of aromatic amines is 2. The lowest BCUT2D eigenvalue weighted by Gasteiger charge is -2.24. The average Bonchev–Trinajstić information content (AvgIpc) is 3.06. The summed E-state index contributed by atoms with van der Waals surface area (Å²) in [6.45, 7) is 6.73. The van der Waals surface area contributed by atoms with Gasteiger partial charge in [0.1, 0.15) is 5.60 Å². The quantitative estimate of drug-likeness (QED) is 0.771. The van der Waals surface area contributed by atoms with Gasteiger partial charge in [0.25, 0.3) is 0 Å². The highest BCUT2D eigenvalue weighted by molar-refractivity contribution is 5.69. The zero-order valence-electron chi connectivity index (χ0n) is 11.9. The number of carbonyl (C=O) groups excluding carboxylic acids is 1. The Morgan fingerprint density at radius 2 is 2.15 bits per heavy atom. The van der Waals surface area contributed by atoms with Crippen LogP contribution in [0.1, 0.15) is 32.0 Å². The van der Waals surface area contributed by atoms with Gasteiger partial charge in [-0.3, -0.25) is 15.1 Å². The number of H-pyrrole nitrogens is 2. The molecule has 3 heterocycles. The van der Waals surface area contributed by atoms with Crippen molar-refractivity contribution >= 4 is 6.09 Å². The van der Waals surface area contributed by atoms with Crippen LogP contribution in [0.15, 0.2) is 24.7 Å². The van der Waals surface area contributed by atoms with Gasteiger partial charge in [0.15, 0.2) is 0 Å². The molecular weight excluding hydrogens is 258 g/mol. The molecule has 0 unspecified atom stereocenters. The van der Waals surface area contributed by atoms with E-state index in [9.17, 15) is 4.79 Å². The Bertz CT molecular complexity index is 504. The maximum Gasteiger partial charge on any atom is 0.410 e. The van der Waals surface area contributed by atoms with Gasteiger partial charge in [0, 0.05) is 18.0 Å². The van der Waals surface area contributed by atoms with E-state index in [1.54, 1.807) is 23.5 Å². The lowest BCUT2D eigenvalue weighted by atomic mass is 10.2. The molecule has 3 rings (SSSR count). The third-order valence-corrected chi connectivity index (χ3v) is 2.58. The highest BCUT2D eigenvalue weighted by Gasteiger charge is 2.28. The summed E-state index contributed by atoms with van der Waals surface area (Å²) >= 11 is 0. The van der Waals surface area contributed by atoms with Crippen LogP contribution in [0.25, 0.3) is 0 Å². The standard InChI is InChI=1S/C10H15N3O2.C3H4N2/c1-10(2,3)15-9(14)13-5-7-4-11-12-8(7)6-13;1-2-4-5-3-1/h4H,5-6H2,1-3H3,(H,11,12);1-3H,(H,4,5). The van der Waals surface area contributed by atoms with E-state index >= 15 is 0 Å². The molecule has 0 saturated heterocycles. The van der Waals surface area contributed by atoms with Gasteiger partial charge < -0.3 is 4.74 Å². The molecule has 0 saturated carbocycles. The molecule has 0 spiro atoms. The summed E-state index contributed by atoms with van der Waals surface area (Å²) < 4.78 is 5.27. The maximum atomic E-state index is 11.7. The van der Waals surface area contributed by atoms with E-state index in [-0.39, 0.29) is 6.09 Å². The zero-order valence-corrected chi connectivity index (χ0v) is 11.9. The third kappa shape index (κ3) is 3.84. The van der Waals surface area contributed by atoms with E-state index in [0.717, 1.165) is 11.3 Å². The predicted octanol–water partition coefficient (Wildman–Crippen LogP) is 2.07. The molecule has 2 aromatic heterocycles. The second kappa shape index (κ2) is 5.77. The molecule has 2 aromatic rings. The van der Waals surface area contributed by atoms with E-state index < -0.39 is 5.60 Å². The van der Waals surface area contributed by atoms with Gasteiger partial charge in [0.05, 0.1) is 25.0 Å². The van der Waals surface area contributed by atoms with Crippen LogP contribution in [0.5, 0.6) is 0 Å². The first-order valence-electron chi connectivity index (χ1n) is 6.38. The van der Waals surface area contributed by atoms with E-state index in [1.807, 2.05) is 26.8 Å². The van der Waals surface area contributed by atoms with Crippen LogP contribution in [0.4, 0.5) is 4.79 Å². The van der Waals surface area contributed by atoms with Crippen LogP contribution >= 0.6 is 0 Å². The van der Waals surface area contributed by atoms with Crippen molar-refractivity contribution in [1.29, 1.82) is 0 Å². The number of ether oxygens (including phenoxy) is 1. The minimum atomic E-state index is -0.439. The highest BCUT2D eigenvalue weighted by atomic mass is 16.6. The predicted molar refractivity (Wildman–Crippen MR) is 72.7 cm³/mol. The van der Waals surface area contributed by atoms with Crippen LogP contribution in [0.3, 0.4) is 0 Å². The van der Waals surface area contributed by atoms with Gasteiger partial charge in [-0.15, -0.1) is 0 Å². The first kappa shape index (κ1) is 14.1. The molecule has 7 heteroatoms. The first-order valence-corrected chi connectivity index (χ1v) is 6.38. The van der Waals surface area contributed by atoms with Crippen LogP contribution in [-0.4, -0.2) is 37.0 Å². The van der Waals surface area contributed by atoms with Gasteiger partial charge in [-0.25, -0.2) is 4.79 Å². The Hall–Kier alpha value is -2.31. The molecule has 0 fully saturated rings. The first-order chi connectivity index (χ1) is 9.46. The Morgan fingerprint density at radius 1 is 1.35 bits per heavy atom. The molecule has 0 atom stereocenters. The van der Waals surface area contributed by atoms with Gasteiger partial charge in [-0.05, 0) is 26.8 Å². The molecule has 1 aliphatic rings. The molecule has 20 heavy (non-hydrogen) atoms. The lowest BCUT2D eigenvalue weighted by Crippen LogP contribution is -2.33. The van der Waals surface area contributed by atoms with Crippen LogP contribution in [-0.2, 0) is 17.8 Å². The maximum absolute atomic E-state index is 11.7. The van der Waals surface area contributed by atoms with Gasteiger partial charge >= 0.3 is 6.09 Å². The second-order valence-corrected chi connectivity index (χ2v) is 5.48. The Morgan fingerprint density at radius 3 is 2.65 bits per heavy atom. The molecule has 2 N–H and O–H groups in total. The molecular formula is C13H19N5O2. The number of nitrogens with one attached hydrogen (secondary N) is 2. The molecule has 108 valence electrons. The summed E-state index contributed by atoms with van der Waals surface area (Å²) in [4.78, 5) is 13.4. The van der Waals surface area contributed by atoms with Crippen LogP contribution < -0.4 is 0 Å². The lowest BCUT2D eigenvalue weighted by molar-refractivity contribution is 0.0239. The molecule has 0 radical (unpaired) electrons. The molecule has 0 aliphatic carbocycles. The number of aromatic nitrogens is 4. The van der Waals surface area contributed by atoms with Gasteiger partial charge in [0.2, 0.25) is 0 Å². The smallest absolute Gasteiger partial charge is 0.410 e. The van der Waals surface area contributed by atoms with Crippen molar-refractivity contribution < 1.29 is 9.53 Å². The van der Waals surface area contributed by atoms with Gasteiger partial charge in [-0.1, -0.05) is 0 Å².